The van der Waals surface area contributed by atoms with Gasteiger partial charge in [-0.15, -0.1) is 11.3 Å². The second kappa shape index (κ2) is 2.57. The van der Waals surface area contributed by atoms with Crippen LogP contribution in [-0.2, 0) is 6.61 Å². The number of hydrogen-bond donors (Lipinski definition) is 1. The van der Waals surface area contributed by atoms with E-state index < -0.39 is 0 Å². The van der Waals surface area contributed by atoms with E-state index in [1.807, 2.05) is 5.38 Å². The number of hydrogen-bond acceptors (Lipinski definition) is 3. The highest BCUT2D eigenvalue weighted by molar-refractivity contribution is 9.11. The van der Waals surface area contributed by atoms with Crippen molar-refractivity contribution >= 4 is 27.3 Å². The Balaban J connectivity index is 2.84. The average Bonchev–Trinajstić information content (AvgIpc) is 2.14. The van der Waals surface area contributed by atoms with Gasteiger partial charge in [0.1, 0.15) is 0 Å². The molecule has 0 aliphatic heterocycles. The zero-order valence-electron chi connectivity index (χ0n) is 3.97. The zero-order chi connectivity index (χ0) is 5.98. The van der Waals surface area contributed by atoms with Crippen molar-refractivity contribution in [2.75, 3.05) is 0 Å². The quantitative estimate of drug-likeness (QED) is 0.732. The second-order valence-electron chi connectivity index (χ2n) is 1.25. The molecule has 1 aromatic heterocycles. The first kappa shape index (κ1) is 6.19. The van der Waals surface area contributed by atoms with Crippen molar-refractivity contribution in [2.45, 2.75) is 6.61 Å². The number of nitrogens with zero attached hydrogens (tertiary/aromatic N) is 1. The summed E-state index contributed by atoms with van der Waals surface area (Å²) in [6.45, 7) is 0.0299. The van der Waals surface area contributed by atoms with Gasteiger partial charge in [-0.2, -0.15) is 0 Å². The first-order valence-electron chi connectivity index (χ1n) is 2.03. The maximum absolute atomic E-state index is 8.47. The van der Waals surface area contributed by atoms with Gasteiger partial charge >= 0.3 is 0 Å². The van der Waals surface area contributed by atoms with Crippen LogP contribution in [0.3, 0.4) is 0 Å². The van der Waals surface area contributed by atoms with Crippen molar-refractivity contribution in [1.29, 1.82) is 0 Å². The van der Waals surface area contributed by atoms with E-state index in [0.29, 0.717) is 0 Å². The molecule has 1 heterocycles. The molecule has 0 aliphatic carbocycles. The third kappa shape index (κ3) is 1.27. The highest BCUT2D eigenvalue weighted by atomic mass is 79.9. The topological polar surface area (TPSA) is 33.1 Å². The normalized spacial score (nSPS) is 9.75. The highest BCUT2D eigenvalue weighted by Gasteiger charge is 1.93. The standard InChI is InChI=1S/C4H4BrNOS/c5-4-6-3(1-7)2-8-4/h2,7H,1H2. The molecule has 2 nitrogen and oxygen atoms in total. The maximum atomic E-state index is 8.47. The van der Waals surface area contributed by atoms with Crippen molar-refractivity contribution in [2.24, 2.45) is 0 Å². The number of rotatable bonds is 1. The number of aliphatic hydroxyl groups is 1. The van der Waals surface area contributed by atoms with E-state index in [1.165, 1.54) is 11.3 Å². The Morgan fingerprint density at radius 3 is 2.88 bits per heavy atom. The predicted octanol–water partition coefficient (Wildman–Crippen LogP) is 1.40. The van der Waals surface area contributed by atoms with Gasteiger partial charge in [-0.1, -0.05) is 0 Å². The van der Waals surface area contributed by atoms with E-state index in [-0.39, 0.29) is 6.61 Å². The van der Waals surface area contributed by atoms with E-state index in [0.717, 1.165) is 9.61 Å². The minimum Gasteiger partial charge on any atom is -0.390 e. The van der Waals surface area contributed by atoms with Gasteiger partial charge in [0, 0.05) is 5.38 Å². The van der Waals surface area contributed by atoms with Gasteiger partial charge in [-0.3, -0.25) is 0 Å². The Morgan fingerprint density at radius 2 is 2.62 bits per heavy atom. The van der Waals surface area contributed by atoms with Crippen LogP contribution in [0.25, 0.3) is 0 Å². The molecular weight excluding hydrogens is 190 g/mol. The average molecular weight is 194 g/mol. The fourth-order valence-corrected chi connectivity index (χ4v) is 1.39. The molecule has 0 saturated heterocycles. The highest BCUT2D eigenvalue weighted by Crippen LogP contribution is 2.15. The molecule has 1 aromatic rings. The SMILES string of the molecule is OCc1csc(Br)n1. The van der Waals surface area contributed by atoms with Crippen molar-refractivity contribution in [3.8, 4) is 0 Å². The number of aromatic nitrogens is 1. The van der Waals surface area contributed by atoms with Gasteiger partial charge < -0.3 is 5.11 Å². The fraction of sp³-hybridized carbons (Fsp3) is 0.250. The molecule has 0 aliphatic rings. The number of thiazole rings is 1. The van der Waals surface area contributed by atoms with Crippen LogP contribution in [0.1, 0.15) is 5.69 Å². The summed E-state index contributed by atoms with van der Waals surface area (Å²) in [6.07, 6.45) is 0. The molecule has 1 rings (SSSR count). The first-order chi connectivity index (χ1) is 3.83. The fourth-order valence-electron chi connectivity index (χ4n) is 0.355. The van der Waals surface area contributed by atoms with Crippen LogP contribution in [0.2, 0.25) is 0 Å². The van der Waals surface area contributed by atoms with Crippen LogP contribution in [0.4, 0.5) is 0 Å². The van der Waals surface area contributed by atoms with Crippen LogP contribution in [0, 0.1) is 0 Å². The lowest BCUT2D eigenvalue weighted by molar-refractivity contribution is 0.277. The van der Waals surface area contributed by atoms with E-state index in [2.05, 4.69) is 20.9 Å². The summed E-state index contributed by atoms with van der Waals surface area (Å²) < 4.78 is 0.821. The summed E-state index contributed by atoms with van der Waals surface area (Å²) in [5, 5.41) is 10.3. The third-order valence-electron chi connectivity index (χ3n) is 0.686. The van der Waals surface area contributed by atoms with E-state index in [1.54, 1.807) is 0 Å². The number of halogens is 1. The molecule has 0 atom stereocenters. The van der Waals surface area contributed by atoms with E-state index >= 15 is 0 Å². The maximum Gasteiger partial charge on any atom is 0.159 e. The first-order valence-corrected chi connectivity index (χ1v) is 3.71. The Morgan fingerprint density at radius 1 is 1.88 bits per heavy atom. The zero-order valence-corrected chi connectivity index (χ0v) is 6.37. The molecule has 1 N–H and O–H groups in total. The smallest absolute Gasteiger partial charge is 0.159 e. The lowest BCUT2D eigenvalue weighted by Crippen LogP contribution is -1.78. The van der Waals surface area contributed by atoms with Gasteiger partial charge in [-0.05, 0) is 15.9 Å². The minimum absolute atomic E-state index is 0.0299. The lowest BCUT2D eigenvalue weighted by atomic mass is 10.5. The monoisotopic (exact) mass is 193 g/mol. The molecule has 0 aromatic carbocycles. The Hall–Kier alpha value is 0.0700. The van der Waals surface area contributed by atoms with Gasteiger partial charge in [0.15, 0.2) is 3.92 Å². The molecule has 0 spiro atoms. The summed E-state index contributed by atoms with van der Waals surface area (Å²) >= 11 is 4.64. The summed E-state index contributed by atoms with van der Waals surface area (Å²) in [5.41, 5.74) is 0.724. The molecule has 0 radical (unpaired) electrons. The predicted molar refractivity (Wildman–Crippen MR) is 35.7 cm³/mol. The summed E-state index contributed by atoms with van der Waals surface area (Å²) in [6, 6.07) is 0. The number of aliphatic hydroxyl groups excluding tert-OH is 1. The molecule has 0 saturated carbocycles. The van der Waals surface area contributed by atoms with Crippen LogP contribution in [0.15, 0.2) is 9.30 Å². The summed E-state index contributed by atoms with van der Waals surface area (Å²) in [5.74, 6) is 0. The van der Waals surface area contributed by atoms with Crippen molar-refractivity contribution in [1.82, 2.24) is 4.98 Å². The summed E-state index contributed by atoms with van der Waals surface area (Å²) in [4.78, 5) is 3.91. The van der Waals surface area contributed by atoms with Crippen LogP contribution in [0.5, 0.6) is 0 Å². The van der Waals surface area contributed by atoms with Crippen molar-refractivity contribution in [3.63, 3.8) is 0 Å². The Labute approximate surface area is 59.3 Å². The van der Waals surface area contributed by atoms with Crippen molar-refractivity contribution < 1.29 is 5.11 Å². The Bertz CT molecular complexity index is 176. The van der Waals surface area contributed by atoms with Gasteiger partial charge in [-0.25, -0.2) is 4.98 Å². The molecular formula is C4H4BrNOS. The van der Waals surface area contributed by atoms with Crippen LogP contribution < -0.4 is 0 Å². The molecule has 44 valence electrons. The third-order valence-corrected chi connectivity index (χ3v) is 2.10. The van der Waals surface area contributed by atoms with Gasteiger partial charge in [0.05, 0.1) is 12.3 Å². The largest absolute Gasteiger partial charge is 0.390 e. The molecule has 4 heteroatoms. The van der Waals surface area contributed by atoms with Crippen molar-refractivity contribution in [3.05, 3.63) is 15.0 Å². The molecule has 0 fully saturated rings. The van der Waals surface area contributed by atoms with E-state index in [4.69, 9.17) is 5.11 Å². The molecule has 0 unspecified atom stereocenters. The lowest BCUT2D eigenvalue weighted by Gasteiger charge is -1.78. The summed E-state index contributed by atoms with van der Waals surface area (Å²) in [7, 11) is 0. The molecule has 0 bridgehead atoms. The molecule has 8 heavy (non-hydrogen) atoms. The van der Waals surface area contributed by atoms with Gasteiger partial charge in [0.25, 0.3) is 0 Å². The second-order valence-corrected chi connectivity index (χ2v) is 3.38. The molecule has 0 amide bonds. The Kier molecular flexibility index (Phi) is 1.99. The van der Waals surface area contributed by atoms with Crippen LogP contribution in [-0.4, -0.2) is 10.1 Å². The van der Waals surface area contributed by atoms with Gasteiger partial charge in [0.2, 0.25) is 0 Å². The van der Waals surface area contributed by atoms with Crippen LogP contribution >= 0.6 is 27.3 Å². The van der Waals surface area contributed by atoms with E-state index in [9.17, 15) is 0 Å². The minimum atomic E-state index is 0.0299.